The molecule has 5 atom stereocenters. The number of aliphatic hydroxyl groups excluding tert-OH is 3. The highest BCUT2D eigenvalue weighted by Crippen LogP contribution is 2.60. The van der Waals surface area contributed by atoms with Gasteiger partial charge < -0.3 is 40.1 Å². The number of ether oxygens (including phenoxy) is 1. The normalized spacial score (nSPS) is 34.7. The van der Waals surface area contributed by atoms with Gasteiger partial charge in [-0.15, -0.1) is 0 Å². The summed E-state index contributed by atoms with van der Waals surface area (Å²) in [4.78, 5) is 37.4. The maximum atomic E-state index is 11.6. The first-order chi connectivity index (χ1) is 10.3. The van der Waals surface area contributed by atoms with Crippen molar-refractivity contribution < 1.29 is 57.5 Å². The fourth-order valence-corrected chi connectivity index (χ4v) is 3.72. The van der Waals surface area contributed by atoms with E-state index in [4.69, 9.17) is 14.5 Å². The molecule has 15 heteroatoms. The molecule has 0 bridgehead atoms. The standard InChI is InChI=1S/C8H17NO12P2/c1-4(11)9-6-5(12)2-19-8(3-10,7(6)13)20-23(17,18)21-22(14,15)16/h5-7,10,12-13H,2-3H2,1H3,(H,9,11)(H,17,18)(H2,14,15,16)/t5-,6-,7-,8+/m0/s1. The van der Waals surface area contributed by atoms with Crippen LogP contribution < -0.4 is 5.32 Å². The highest BCUT2D eigenvalue weighted by molar-refractivity contribution is 7.60. The number of amides is 1. The van der Waals surface area contributed by atoms with Crippen molar-refractivity contribution in [3.8, 4) is 0 Å². The number of hydrogen-bond donors (Lipinski definition) is 7. The third-order valence-electron chi connectivity index (χ3n) is 2.77. The van der Waals surface area contributed by atoms with Crippen LogP contribution in [0.1, 0.15) is 6.92 Å². The van der Waals surface area contributed by atoms with E-state index in [2.05, 4.69) is 14.2 Å². The number of aliphatic hydroxyl groups is 3. The second kappa shape index (κ2) is 7.21. The molecule has 0 aliphatic carbocycles. The second-order valence-electron chi connectivity index (χ2n) is 4.65. The van der Waals surface area contributed by atoms with E-state index >= 15 is 0 Å². The highest BCUT2D eigenvalue weighted by Gasteiger charge is 2.55. The Morgan fingerprint density at radius 1 is 1.35 bits per heavy atom. The lowest BCUT2D eigenvalue weighted by Gasteiger charge is -2.45. The number of carbonyl (C=O) groups is 1. The molecule has 0 aromatic carbocycles. The summed E-state index contributed by atoms with van der Waals surface area (Å²) >= 11 is 0. The molecule has 0 radical (unpaired) electrons. The van der Waals surface area contributed by atoms with Crippen LogP contribution in [0.2, 0.25) is 0 Å². The van der Waals surface area contributed by atoms with Gasteiger partial charge >= 0.3 is 15.6 Å². The predicted octanol–water partition coefficient (Wildman–Crippen LogP) is -2.84. The summed E-state index contributed by atoms with van der Waals surface area (Å²) in [5.41, 5.74) is 0. The smallest absolute Gasteiger partial charge is 0.391 e. The van der Waals surface area contributed by atoms with Gasteiger partial charge in [-0.2, -0.15) is 4.31 Å². The van der Waals surface area contributed by atoms with Gasteiger partial charge in [0.25, 0.3) is 0 Å². The van der Waals surface area contributed by atoms with Crippen molar-refractivity contribution in [2.75, 3.05) is 13.2 Å². The minimum atomic E-state index is -5.48. The first-order valence-corrected chi connectivity index (χ1v) is 9.03. The number of phosphoric ester groups is 1. The van der Waals surface area contributed by atoms with Gasteiger partial charge in [0.1, 0.15) is 18.8 Å². The van der Waals surface area contributed by atoms with E-state index in [9.17, 15) is 34.1 Å². The maximum Gasteiger partial charge on any atom is 0.483 e. The SMILES string of the molecule is CC(=O)N[C@H]1[C@@H](O)CO[C@](CO)(OP(=O)(O)OP(=O)(O)O)[C@H]1O. The van der Waals surface area contributed by atoms with Gasteiger partial charge in [-0.3, -0.25) is 4.79 Å². The lowest BCUT2D eigenvalue weighted by atomic mass is 9.94. The molecule has 7 N–H and O–H groups in total. The molecule has 1 aliphatic rings. The minimum absolute atomic E-state index is 0.640. The Balaban J connectivity index is 3.05. The third kappa shape index (κ3) is 5.55. The van der Waals surface area contributed by atoms with Crippen LogP contribution in [0.3, 0.4) is 0 Å². The number of hydrogen-bond acceptors (Lipinski definition) is 9. The predicted molar refractivity (Wildman–Crippen MR) is 69.4 cm³/mol. The van der Waals surface area contributed by atoms with E-state index in [0.717, 1.165) is 6.92 Å². The molecule has 1 amide bonds. The van der Waals surface area contributed by atoms with Crippen molar-refractivity contribution in [2.45, 2.75) is 31.0 Å². The van der Waals surface area contributed by atoms with Gasteiger partial charge in [-0.1, -0.05) is 0 Å². The van der Waals surface area contributed by atoms with E-state index in [1.165, 1.54) is 0 Å². The van der Waals surface area contributed by atoms with Crippen molar-refractivity contribution in [3.05, 3.63) is 0 Å². The molecule has 1 unspecified atom stereocenters. The summed E-state index contributed by atoms with van der Waals surface area (Å²) < 4.78 is 34.9. The first-order valence-electron chi connectivity index (χ1n) is 6.00. The largest absolute Gasteiger partial charge is 0.483 e. The van der Waals surface area contributed by atoms with Gasteiger partial charge in [0.05, 0.1) is 12.6 Å². The lowest BCUT2D eigenvalue weighted by Crippen LogP contribution is -2.67. The summed E-state index contributed by atoms with van der Waals surface area (Å²) in [5.74, 6) is -3.35. The van der Waals surface area contributed by atoms with Crippen LogP contribution in [0.25, 0.3) is 0 Å². The summed E-state index contributed by atoms with van der Waals surface area (Å²) in [7, 11) is -10.9. The summed E-state index contributed by atoms with van der Waals surface area (Å²) in [6.07, 6.45) is -3.51. The van der Waals surface area contributed by atoms with E-state index < -0.39 is 58.8 Å². The van der Waals surface area contributed by atoms with Crippen molar-refractivity contribution in [3.63, 3.8) is 0 Å². The van der Waals surface area contributed by atoms with Crippen molar-refractivity contribution >= 4 is 21.6 Å². The molecule has 0 aromatic rings. The van der Waals surface area contributed by atoms with Crippen molar-refractivity contribution in [1.29, 1.82) is 0 Å². The van der Waals surface area contributed by atoms with Crippen molar-refractivity contribution in [2.24, 2.45) is 0 Å². The molecule has 23 heavy (non-hydrogen) atoms. The fourth-order valence-electron chi connectivity index (χ4n) is 1.90. The monoisotopic (exact) mass is 381 g/mol. The quantitative estimate of drug-likeness (QED) is 0.232. The summed E-state index contributed by atoms with van der Waals surface area (Å²) in [6.45, 7) is -0.839. The molecule has 1 aliphatic heterocycles. The second-order valence-corrected chi connectivity index (χ2v) is 7.41. The highest BCUT2D eigenvalue weighted by atomic mass is 31.3. The van der Waals surface area contributed by atoms with Crippen LogP contribution in [0, 0.1) is 0 Å². The average molecular weight is 381 g/mol. The summed E-state index contributed by atoms with van der Waals surface area (Å²) in [6, 6.07) is -1.46. The molecular weight excluding hydrogens is 364 g/mol. The Hall–Kier alpha value is -0.430. The molecule has 0 spiro atoms. The third-order valence-corrected chi connectivity index (χ3v) is 4.99. The van der Waals surface area contributed by atoms with E-state index in [-0.39, 0.29) is 0 Å². The Kier molecular flexibility index (Phi) is 6.47. The van der Waals surface area contributed by atoms with Gasteiger partial charge in [0.2, 0.25) is 11.7 Å². The van der Waals surface area contributed by atoms with Gasteiger partial charge in [0, 0.05) is 6.92 Å². The molecule has 13 nitrogen and oxygen atoms in total. The molecule has 1 rings (SSSR count). The zero-order chi connectivity index (χ0) is 18.1. The zero-order valence-corrected chi connectivity index (χ0v) is 13.5. The molecule has 1 fully saturated rings. The van der Waals surface area contributed by atoms with E-state index in [1.807, 2.05) is 0 Å². The molecule has 0 aromatic heterocycles. The van der Waals surface area contributed by atoms with Gasteiger partial charge in [-0.25, -0.2) is 13.7 Å². The van der Waals surface area contributed by atoms with E-state index in [0.29, 0.717) is 0 Å². The Morgan fingerprint density at radius 2 is 1.91 bits per heavy atom. The summed E-state index contributed by atoms with van der Waals surface area (Å²) in [5, 5.41) is 31.2. The van der Waals surface area contributed by atoms with Crippen LogP contribution in [0.4, 0.5) is 0 Å². The molecular formula is C8H17NO12P2. The Morgan fingerprint density at radius 3 is 2.35 bits per heavy atom. The van der Waals surface area contributed by atoms with Crippen molar-refractivity contribution in [1.82, 2.24) is 5.32 Å². The van der Waals surface area contributed by atoms with Crippen LogP contribution in [-0.4, -0.2) is 73.2 Å². The number of carbonyl (C=O) groups excluding carboxylic acids is 1. The first kappa shape index (κ1) is 20.6. The zero-order valence-electron chi connectivity index (χ0n) is 11.7. The number of phosphoric acid groups is 2. The van der Waals surface area contributed by atoms with Gasteiger partial charge in [0.15, 0.2) is 0 Å². The Bertz CT molecular complexity index is 535. The van der Waals surface area contributed by atoms with Crippen LogP contribution >= 0.6 is 15.6 Å². The van der Waals surface area contributed by atoms with Crippen LogP contribution in [-0.2, 0) is 27.5 Å². The number of rotatable bonds is 6. The average Bonchev–Trinajstić information content (AvgIpc) is 2.35. The van der Waals surface area contributed by atoms with E-state index in [1.54, 1.807) is 0 Å². The minimum Gasteiger partial charge on any atom is -0.391 e. The van der Waals surface area contributed by atoms with Gasteiger partial charge in [-0.05, 0) is 0 Å². The molecule has 1 saturated heterocycles. The lowest BCUT2D eigenvalue weighted by molar-refractivity contribution is -0.303. The topological polar surface area (TPSA) is 212 Å². The Labute approximate surface area is 129 Å². The van der Waals surface area contributed by atoms with Crippen LogP contribution in [0.5, 0.6) is 0 Å². The molecule has 136 valence electrons. The number of nitrogens with one attached hydrogen (secondary N) is 1. The maximum absolute atomic E-state index is 11.6. The molecule has 1 heterocycles. The van der Waals surface area contributed by atoms with Crippen LogP contribution in [0.15, 0.2) is 0 Å². The fraction of sp³-hybridized carbons (Fsp3) is 0.875. The molecule has 0 saturated carbocycles.